The van der Waals surface area contributed by atoms with Crippen molar-refractivity contribution >= 4 is 12.4 Å². The predicted molar refractivity (Wildman–Crippen MR) is 83.9 cm³/mol. The first-order chi connectivity index (χ1) is 9.26. The van der Waals surface area contributed by atoms with Crippen LogP contribution in [0.1, 0.15) is 23.6 Å². The topological polar surface area (TPSA) is 44.7 Å². The Hall–Kier alpha value is -0.810. The first kappa shape index (κ1) is 17.2. The number of benzene rings is 1. The molecule has 2 rings (SSSR count). The molecular weight excluding hydrogens is 276 g/mol. The molecule has 2 N–H and O–H groups in total. The number of nitrogens with zero attached hydrogens (tertiary/aromatic N) is 1. The van der Waals surface area contributed by atoms with Crippen LogP contribution in [0, 0.1) is 6.92 Å². The highest BCUT2D eigenvalue weighted by Gasteiger charge is 2.22. The molecule has 1 aliphatic heterocycles. The van der Waals surface area contributed by atoms with Gasteiger partial charge in [-0.3, -0.25) is 4.90 Å². The van der Waals surface area contributed by atoms with Gasteiger partial charge in [-0.15, -0.1) is 12.4 Å². The molecule has 0 aromatic heterocycles. The van der Waals surface area contributed by atoms with Crippen LogP contribution in [-0.4, -0.2) is 49.9 Å². The second-order valence-electron chi connectivity index (χ2n) is 5.04. The van der Waals surface area contributed by atoms with Crippen LogP contribution in [0.3, 0.4) is 0 Å². The number of hydrogen-bond acceptors (Lipinski definition) is 4. The van der Waals surface area contributed by atoms with E-state index in [1.807, 2.05) is 6.07 Å². The van der Waals surface area contributed by atoms with Gasteiger partial charge in [-0.2, -0.15) is 0 Å². The lowest BCUT2D eigenvalue weighted by molar-refractivity contribution is 0.141. The quantitative estimate of drug-likeness (QED) is 0.870. The normalized spacial score (nSPS) is 17.4. The third-order valence-corrected chi connectivity index (χ3v) is 3.80. The first-order valence-electron chi connectivity index (χ1n) is 6.96. The lowest BCUT2D eigenvalue weighted by Gasteiger charge is -2.35. The number of halogens is 1. The van der Waals surface area contributed by atoms with Crippen molar-refractivity contribution in [3.8, 4) is 5.75 Å². The average Bonchev–Trinajstić information content (AvgIpc) is 2.45. The number of rotatable bonds is 5. The van der Waals surface area contributed by atoms with E-state index in [0.717, 1.165) is 43.9 Å². The van der Waals surface area contributed by atoms with Crippen molar-refractivity contribution in [2.75, 3.05) is 39.9 Å². The second kappa shape index (κ2) is 8.47. The summed E-state index contributed by atoms with van der Waals surface area (Å²) in [5, 5.41) is 12.7. The number of ether oxygens (including phenoxy) is 1. The molecule has 5 heteroatoms. The summed E-state index contributed by atoms with van der Waals surface area (Å²) >= 11 is 0. The van der Waals surface area contributed by atoms with Gasteiger partial charge in [-0.25, -0.2) is 0 Å². The monoisotopic (exact) mass is 300 g/mol. The SMILES string of the molecule is COc1ccc([C@H](CCO)N2CCNCC2)cc1C.Cl. The molecule has 114 valence electrons. The van der Waals surface area contributed by atoms with E-state index in [0.29, 0.717) is 6.04 Å². The number of methoxy groups -OCH3 is 1. The highest BCUT2D eigenvalue weighted by atomic mass is 35.5. The Balaban J connectivity index is 0.00000200. The molecule has 1 heterocycles. The Morgan fingerprint density at radius 3 is 2.60 bits per heavy atom. The summed E-state index contributed by atoms with van der Waals surface area (Å²) in [4.78, 5) is 2.45. The number of piperazine rings is 1. The number of aryl methyl sites for hydroxylation is 1. The molecule has 1 atom stereocenters. The molecule has 1 aliphatic rings. The average molecular weight is 301 g/mol. The van der Waals surface area contributed by atoms with Gasteiger partial charge >= 0.3 is 0 Å². The van der Waals surface area contributed by atoms with Gasteiger partial charge in [-0.1, -0.05) is 12.1 Å². The van der Waals surface area contributed by atoms with Gasteiger partial charge in [0.2, 0.25) is 0 Å². The molecule has 20 heavy (non-hydrogen) atoms. The minimum absolute atomic E-state index is 0. The Morgan fingerprint density at radius 1 is 1.35 bits per heavy atom. The molecular formula is C15H25ClN2O2. The molecule has 0 bridgehead atoms. The molecule has 4 nitrogen and oxygen atoms in total. The van der Waals surface area contributed by atoms with Crippen molar-refractivity contribution in [3.05, 3.63) is 29.3 Å². The Morgan fingerprint density at radius 2 is 2.05 bits per heavy atom. The van der Waals surface area contributed by atoms with Crippen molar-refractivity contribution in [1.29, 1.82) is 0 Å². The summed E-state index contributed by atoms with van der Waals surface area (Å²) in [6, 6.07) is 6.63. The van der Waals surface area contributed by atoms with Gasteiger partial charge in [0.05, 0.1) is 7.11 Å². The van der Waals surface area contributed by atoms with E-state index >= 15 is 0 Å². The third-order valence-electron chi connectivity index (χ3n) is 3.80. The fourth-order valence-electron chi connectivity index (χ4n) is 2.79. The lowest BCUT2D eigenvalue weighted by atomic mass is 9.99. The molecule has 1 aromatic carbocycles. The summed E-state index contributed by atoms with van der Waals surface area (Å²) in [6.45, 7) is 6.41. The van der Waals surface area contributed by atoms with E-state index in [-0.39, 0.29) is 19.0 Å². The third kappa shape index (κ3) is 4.09. The van der Waals surface area contributed by atoms with Gasteiger partial charge in [0.25, 0.3) is 0 Å². The number of aliphatic hydroxyl groups is 1. The first-order valence-corrected chi connectivity index (χ1v) is 6.96. The highest BCUT2D eigenvalue weighted by molar-refractivity contribution is 5.85. The van der Waals surface area contributed by atoms with E-state index in [1.54, 1.807) is 7.11 Å². The van der Waals surface area contributed by atoms with Crippen LogP contribution in [0.5, 0.6) is 5.75 Å². The Bertz CT molecular complexity index is 409. The van der Waals surface area contributed by atoms with E-state index in [4.69, 9.17) is 4.74 Å². The summed E-state index contributed by atoms with van der Waals surface area (Å²) in [6.07, 6.45) is 0.784. The van der Waals surface area contributed by atoms with Crippen LogP contribution in [0.15, 0.2) is 18.2 Å². The standard InChI is InChI=1S/C15H24N2O2.ClH/c1-12-11-13(3-4-15(12)19-2)14(5-10-18)17-8-6-16-7-9-17;/h3-4,11,14,16,18H,5-10H2,1-2H3;1H/t14-;/m0./s1. The summed E-state index contributed by atoms with van der Waals surface area (Å²) < 4.78 is 5.31. The molecule has 0 unspecified atom stereocenters. The molecule has 1 saturated heterocycles. The van der Waals surface area contributed by atoms with E-state index in [1.165, 1.54) is 5.56 Å². The predicted octanol–water partition coefficient (Wildman–Crippen LogP) is 1.75. The minimum atomic E-state index is 0. The largest absolute Gasteiger partial charge is 0.496 e. The van der Waals surface area contributed by atoms with Crippen LogP contribution >= 0.6 is 12.4 Å². The summed E-state index contributed by atoms with van der Waals surface area (Å²) in [7, 11) is 1.70. The van der Waals surface area contributed by atoms with Crippen LogP contribution < -0.4 is 10.1 Å². The zero-order chi connectivity index (χ0) is 13.7. The fourth-order valence-corrected chi connectivity index (χ4v) is 2.79. The fraction of sp³-hybridized carbons (Fsp3) is 0.600. The van der Waals surface area contributed by atoms with Crippen molar-refractivity contribution < 1.29 is 9.84 Å². The van der Waals surface area contributed by atoms with Crippen LogP contribution in [0.2, 0.25) is 0 Å². The lowest BCUT2D eigenvalue weighted by Crippen LogP contribution is -2.45. The van der Waals surface area contributed by atoms with Gasteiger partial charge in [-0.05, 0) is 30.5 Å². The molecule has 1 aromatic rings. The zero-order valence-electron chi connectivity index (χ0n) is 12.3. The van der Waals surface area contributed by atoms with Crippen LogP contribution in [0.4, 0.5) is 0 Å². The Labute approximate surface area is 127 Å². The van der Waals surface area contributed by atoms with Crippen molar-refractivity contribution in [2.45, 2.75) is 19.4 Å². The minimum Gasteiger partial charge on any atom is -0.496 e. The molecule has 0 saturated carbocycles. The second-order valence-corrected chi connectivity index (χ2v) is 5.04. The van der Waals surface area contributed by atoms with Gasteiger partial charge in [0, 0.05) is 38.8 Å². The van der Waals surface area contributed by atoms with Crippen LogP contribution in [-0.2, 0) is 0 Å². The summed E-state index contributed by atoms with van der Waals surface area (Å²) in [5.74, 6) is 0.923. The molecule has 0 spiro atoms. The maximum atomic E-state index is 9.33. The maximum absolute atomic E-state index is 9.33. The molecule has 0 amide bonds. The number of aliphatic hydroxyl groups excluding tert-OH is 1. The Kier molecular flexibility index (Phi) is 7.30. The van der Waals surface area contributed by atoms with Crippen LogP contribution in [0.25, 0.3) is 0 Å². The number of hydrogen-bond donors (Lipinski definition) is 2. The highest BCUT2D eigenvalue weighted by Crippen LogP contribution is 2.28. The zero-order valence-corrected chi connectivity index (χ0v) is 13.1. The van der Waals surface area contributed by atoms with Gasteiger partial charge in [0.15, 0.2) is 0 Å². The van der Waals surface area contributed by atoms with E-state index in [9.17, 15) is 5.11 Å². The van der Waals surface area contributed by atoms with Crippen molar-refractivity contribution in [1.82, 2.24) is 10.2 Å². The molecule has 0 radical (unpaired) electrons. The smallest absolute Gasteiger partial charge is 0.121 e. The van der Waals surface area contributed by atoms with E-state index < -0.39 is 0 Å². The molecule has 0 aliphatic carbocycles. The number of nitrogens with one attached hydrogen (secondary N) is 1. The van der Waals surface area contributed by atoms with Gasteiger partial charge < -0.3 is 15.2 Å². The van der Waals surface area contributed by atoms with Gasteiger partial charge in [0.1, 0.15) is 5.75 Å². The summed E-state index contributed by atoms with van der Waals surface area (Å²) in [5.41, 5.74) is 2.42. The maximum Gasteiger partial charge on any atom is 0.121 e. The van der Waals surface area contributed by atoms with E-state index in [2.05, 4.69) is 29.3 Å². The van der Waals surface area contributed by atoms with Crippen molar-refractivity contribution in [3.63, 3.8) is 0 Å². The molecule has 1 fully saturated rings. The van der Waals surface area contributed by atoms with Crippen molar-refractivity contribution in [2.24, 2.45) is 0 Å².